The first-order valence-corrected chi connectivity index (χ1v) is 8.52. The van der Waals surface area contributed by atoms with Crippen molar-refractivity contribution in [2.45, 2.75) is 0 Å². The van der Waals surface area contributed by atoms with Crippen LogP contribution in [0.5, 0.6) is 11.5 Å². The number of carbonyl (C=O) groups is 1. The Morgan fingerprint density at radius 1 is 1.27 bits per heavy atom. The summed E-state index contributed by atoms with van der Waals surface area (Å²) in [6.07, 6.45) is 1.47. The lowest BCUT2D eigenvalue weighted by Crippen LogP contribution is -2.13. The van der Waals surface area contributed by atoms with E-state index in [0.29, 0.717) is 26.3 Å². The zero-order valence-electron chi connectivity index (χ0n) is 13.8. The van der Waals surface area contributed by atoms with Gasteiger partial charge in [0.25, 0.3) is 5.91 Å². The second-order valence-corrected chi connectivity index (χ2v) is 6.13. The van der Waals surface area contributed by atoms with Crippen LogP contribution in [0.3, 0.4) is 0 Å². The van der Waals surface area contributed by atoms with E-state index in [1.54, 1.807) is 36.4 Å². The molecule has 7 heteroatoms. The standard InChI is InChI=1S/C19H14IN3O3/c1-25-17-11-13(10-16(20)18(17)26-8-7-21)9-14(12-22)19(24)23-15-5-3-2-4-6-15/h2-6,9-11H,8H2,1H3,(H,23,24)/b14-9-. The number of anilines is 1. The molecule has 0 aliphatic carbocycles. The summed E-state index contributed by atoms with van der Waals surface area (Å²) in [7, 11) is 1.48. The van der Waals surface area contributed by atoms with Crippen molar-refractivity contribution in [2.75, 3.05) is 19.0 Å². The number of ether oxygens (including phenoxy) is 2. The molecule has 0 spiro atoms. The minimum Gasteiger partial charge on any atom is -0.493 e. The number of carbonyl (C=O) groups excluding carboxylic acids is 1. The highest BCUT2D eigenvalue weighted by Crippen LogP contribution is 2.34. The summed E-state index contributed by atoms with van der Waals surface area (Å²) in [6, 6.07) is 16.1. The Hall–Kier alpha value is -3.04. The Labute approximate surface area is 164 Å². The molecule has 2 rings (SSSR count). The molecule has 0 atom stereocenters. The Morgan fingerprint density at radius 2 is 2.00 bits per heavy atom. The minimum atomic E-state index is -0.502. The van der Waals surface area contributed by atoms with E-state index >= 15 is 0 Å². The number of nitrogens with one attached hydrogen (secondary N) is 1. The number of methoxy groups -OCH3 is 1. The number of hydrogen-bond acceptors (Lipinski definition) is 5. The topological polar surface area (TPSA) is 95.1 Å². The van der Waals surface area contributed by atoms with Crippen LogP contribution in [0.1, 0.15) is 5.56 Å². The molecule has 130 valence electrons. The van der Waals surface area contributed by atoms with Crippen molar-refractivity contribution in [3.63, 3.8) is 0 Å². The molecule has 0 aliphatic heterocycles. The molecule has 0 saturated carbocycles. The normalized spacial score (nSPS) is 10.4. The van der Waals surface area contributed by atoms with Crippen LogP contribution in [0.4, 0.5) is 5.69 Å². The summed E-state index contributed by atoms with van der Waals surface area (Å²) in [4.78, 5) is 12.3. The van der Waals surface area contributed by atoms with Crippen molar-refractivity contribution in [1.82, 2.24) is 0 Å². The molecule has 2 aromatic carbocycles. The van der Waals surface area contributed by atoms with E-state index in [-0.39, 0.29) is 12.2 Å². The molecule has 0 bridgehead atoms. The van der Waals surface area contributed by atoms with Crippen LogP contribution < -0.4 is 14.8 Å². The molecule has 0 aromatic heterocycles. The first kappa shape index (κ1) is 19.3. The first-order valence-electron chi connectivity index (χ1n) is 7.44. The molecule has 2 aromatic rings. The van der Waals surface area contributed by atoms with Gasteiger partial charge in [-0.05, 0) is 58.5 Å². The highest BCUT2D eigenvalue weighted by molar-refractivity contribution is 14.1. The zero-order chi connectivity index (χ0) is 18.9. The van der Waals surface area contributed by atoms with Crippen molar-refractivity contribution in [1.29, 1.82) is 10.5 Å². The summed E-state index contributed by atoms with van der Waals surface area (Å²) in [5.41, 5.74) is 1.17. The van der Waals surface area contributed by atoms with Gasteiger partial charge in [-0.15, -0.1) is 0 Å². The molecular weight excluding hydrogens is 445 g/mol. The monoisotopic (exact) mass is 459 g/mol. The first-order chi connectivity index (χ1) is 12.6. The van der Waals surface area contributed by atoms with Gasteiger partial charge in [-0.3, -0.25) is 4.79 Å². The molecule has 26 heavy (non-hydrogen) atoms. The zero-order valence-corrected chi connectivity index (χ0v) is 16.0. The third-order valence-electron chi connectivity index (χ3n) is 3.24. The number of para-hydroxylation sites is 1. The van der Waals surface area contributed by atoms with Crippen LogP contribution in [0.25, 0.3) is 6.08 Å². The number of halogens is 1. The highest BCUT2D eigenvalue weighted by atomic mass is 127. The molecule has 0 unspecified atom stereocenters. The maximum atomic E-state index is 12.3. The minimum absolute atomic E-state index is 0.0441. The summed E-state index contributed by atoms with van der Waals surface area (Å²) in [6.45, 7) is -0.107. The fourth-order valence-electron chi connectivity index (χ4n) is 2.10. The molecule has 6 nitrogen and oxygen atoms in total. The fourth-order valence-corrected chi connectivity index (χ4v) is 2.88. The van der Waals surface area contributed by atoms with Crippen LogP contribution in [0, 0.1) is 26.2 Å². The SMILES string of the molecule is COc1cc(/C=C(/C#N)C(=O)Nc2ccccc2)cc(I)c1OCC#N. The summed E-state index contributed by atoms with van der Waals surface area (Å²) < 4.78 is 11.3. The van der Waals surface area contributed by atoms with Gasteiger partial charge in [0.05, 0.1) is 10.7 Å². The molecule has 1 amide bonds. The molecule has 0 radical (unpaired) electrons. The maximum Gasteiger partial charge on any atom is 0.266 e. The van der Waals surface area contributed by atoms with E-state index in [2.05, 4.69) is 5.32 Å². The second-order valence-electron chi connectivity index (χ2n) is 4.97. The summed E-state index contributed by atoms with van der Waals surface area (Å²) in [5, 5.41) is 20.7. The predicted octanol–water partition coefficient (Wildman–Crippen LogP) is 3.75. The number of rotatable bonds is 6. The quantitative estimate of drug-likeness (QED) is 0.404. The van der Waals surface area contributed by atoms with E-state index in [4.69, 9.17) is 14.7 Å². The van der Waals surface area contributed by atoms with Crippen molar-refractivity contribution in [3.05, 3.63) is 57.2 Å². The van der Waals surface area contributed by atoms with E-state index in [0.717, 1.165) is 0 Å². The van der Waals surface area contributed by atoms with E-state index in [9.17, 15) is 10.1 Å². The molecule has 0 saturated heterocycles. The van der Waals surface area contributed by atoms with Gasteiger partial charge in [-0.1, -0.05) is 18.2 Å². The Morgan fingerprint density at radius 3 is 2.62 bits per heavy atom. The van der Waals surface area contributed by atoms with Crippen LogP contribution in [-0.4, -0.2) is 19.6 Å². The van der Waals surface area contributed by atoms with Crippen LogP contribution in [0.15, 0.2) is 48.0 Å². The van der Waals surface area contributed by atoms with Crippen molar-refractivity contribution < 1.29 is 14.3 Å². The Balaban J connectivity index is 2.31. The Kier molecular flexibility index (Phi) is 7.01. The lowest BCUT2D eigenvalue weighted by Gasteiger charge is -2.11. The smallest absolute Gasteiger partial charge is 0.266 e. The lowest BCUT2D eigenvalue weighted by molar-refractivity contribution is -0.112. The number of hydrogen-bond donors (Lipinski definition) is 1. The molecule has 1 N–H and O–H groups in total. The molecular formula is C19H14IN3O3. The van der Waals surface area contributed by atoms with E-state index in [1.807, 2.05) is 40.8 Å². The van der Waals surface area contributed by atoms with Crippen molar-refractivity contribution in [2.24, 2.45) is 0 Å². The van der Waals surface area contributed by atoms with Crippen molar-refractivity contribution in [3.8, 4) is 23.6 Å². The van der Waals surface area contributed by atoms with Crippen LogP contribution in [0.2, 0.25) is 0 Å². The van der Waals surface area contributed by atoms with Crippen LogP contribution >= 0.6 is 22.6 Å². The average molecular weight is 459 g/mol. The summed E-state index contributed by atoms with van der Waals surface area (Å²) >= 11 is 2.04. The van der Waals surface area contributed by atoms with Crippen molar-refractivity contribution >= 4 is 40.3 Å². The highest BCUT2D eigenvalue weighted by Gasteiger charge is 2.14. The molecule has 0 heterocycles. The van der Waals surface area contributed by atoms with Gasteiger partial charge in [-0.2, -0.15) is 10.5 Å². The summed E-state index contributed by atoms with van der Waals surface area (Å²) in [5.74, 6) is 0.357. The van der Waals surface area contributed by atoms with E-state index < -0.39 is 5.91 Å². The van der Waals surface area contributed by atoms with Gasteiger partial charge in [0.15, 0.2) is 18.1 Å². The van der Waals surface area contributed by atoms with Gasteiger partial charge >= 0.3 is 0 Å². The molecule has 0 fully saturated rings. The number of amides is 1. The van der Waals surface area contributed by atoms with Gasteiger partial charge in [-0.25, -0.2) is 0 Å². The molecule has 0 aliphatic rings. The predicted molar refractivity (Wildman–Crippen MR) is 105 cm³/mol. The third-order valence-corrected chi connectivity index (χ3v) is 4.04. The fraction of sp³-hybridized carbons (Fsp3) is 0.105. The number of benzene rings is 2. The van der Waals surface area contributed by atoms with Gasteiger partial charge in [0, 0.05) is 5.69 Å². The van der Waals surface area contributed by atoms with Gasteiger partial charge in [0.1, 0.15) is 17.7 Å². The van der Waals surface area contributed by atoms with Gasteiger partial charge in [0.2, 0.25) is 0 Å². The average Bonchev–Trinajstić information content (AvgIpc) is 2.65. The third kappa shape index (κ3) is 4.98. The van der Waals surface area contributed by atoms with Crippen LogP contribution in [-0.2, 0) is 4.79 Å². The number of nitrogens with zero attached hydrogens (tertiary/aromatic N) is 2. The largest absolute Gasteiger partial charge is 0.493 e. The maximum absolute atomic E-state index is 12.3. The lowest BCUT2D eigenvalue weighted by atomic mass is 10.1. The van der Waals surface area contributed by atoms with E-state index in [1.165, 1.54) is 13.2 Å². The Bertz CT molecular complexity index is 912. The number of nitriles is 2. The van der Waals surface area contributed by atoms with Gasteiger partial charge < -0.3 is 14.8 Å². The second kappa shape index (κ2) is 9.44.